The van der Waals surface area contributed by atoms with Crippen molar-refractivity contribution in [2.45, 2.75) is 70.3 Å². The number of hydrogen-bond acceptors (Lipinski definition) is 5. The Bertz CT molecular complexity index is 340. The molecular formula is C12H20O5. The van der Waals surface area contributed by atoms with Crippen molar-refractivity contribution in [3.05, 3.63) is 0 Å². The summed E-state index contributed by atoms with van der Waals surface area (Å²) in [6.07, 6.45) is -0.453. The fourth-order valence-corrected chi connectivity index (χ4v) is 2.91. The summed E-state index contributed by atoms with van der Waals surface area (Å²) in [7, 11) is 0. The first-order valence-corrected chi connectivity index (χ1v) is 6.08. The van der Waals surface area contributed by atoms with E-state index in [4.69, 9.17) is 23.7 Å². The van der Waals surface area contributed by atoms with Gasteiger partial charge in [0.2, 0.25) is 0 Å². The molecule has 3 rings (SSSR count). The zero-order valence-corrected chi connectivity index (χ0v) is 11.0. The van der Waals surface area contributed by atoms with Gasteiger partial charge in [-0.15, -0.1) is 0 Å². The molecular weight excluding hydrogens is 224 g/mol. The van der Waals surface area contributed by atoms with Crippen LogP contribution in [0.2, 0.25) is 0 Å². The fourth-order valence-electron chi connectivity index (χ4n) is 2.91. The third kappa shape index (κ3) is 1.81. The van der Waals surface area contributed by atoms with E-state index in [9.17, 15) is 0 Å². The van der Waals surface area contributed by atoms with Crippen LogP contribution in [-0.2, 0) is 23.7 Å². The smallest absolute Gasteiger partial charge is 0.198 e. The van der Waals surface area contributed by atoms with Gasteiger partial charge in [0, 0.05) is 0 Å². The van der Waals surface area contributed by atoms with Gasteiger partial charge in [0.15, 0.2) is 17.4 Å². The van der Waals surface area contributed by atoms with Gasteiger partial charge in [-0.05, 0) is 34.6 Å². The zero-order valence-electron chi connectivity index (χ0n) is 11.0. The van der Waals surface area contributed by atoms with Crippen molar-refractivity contribution in [3.63, 3.8) is 0 Å². The van der Waals surface area contributed by atoms with E-state index >= 15 is 0 Å². The lowest BCUT2D eigenvalue weighted by molar-refractivity contribution is -0.326. The van der Waals surface area contributed by atoms with Gasteiger partial charge < -0.3 is 23.7 Å². The van der Waals surface area contributed by atoms with Crippen molar-refractivity contribution < 1.29 is 23.7 Å². The molecule has 0 N–H and O–H groups in total. The Kier molecular flexibility index (Phi) is 2.25. The van der Waals surface area contributed by atoms with Crippen LogP contribution in [0, 0.1) is 0 Å². The van der Waals surface area contributed by atoms with Crippen LogP contribution in [0.3, 0.4) is 0 Å². The van der Waals surface area contributed by atoms with Gasteiger partial charge >= 0.3 is 0 Å². The minimum Gasteiger partial charge on any atom is -0.348 e. The van der Waals surface area contributed by atoms with Crippen LogP contribution in [-0.4, -0.2) is 42.3 Å². The highest BCUT2D eigenvalue weighted by atomic mass is 16.9. The molecule has 0 saturated carbocycles. The molecule has 0 spiro atoms. The Morgan fingerprint density at radius 3 is 2.29 bits per heavy atom. The van der Waals surface area contributed by atoms with E-state index in [0.29, 0.717) is 6.61 Å². The van der Waals surface area contributed by atoms with Gasteiger partial charge in [-0.25, -0.2) is 0 Å². The molecule has 0 aromatic carbocycles. The Labute approximate surface area is 101 Å². The van der Waals surface area contributed by atoms with Crippen LogP contribution in [0.4, 0.5) is 0 Å². The molecule has 3 saturated heterocycles. The summed E-state index contributed by atoms with van der Waals surface area (Å²) >= 11 is 0. The third-order valence-electron chi connectivity index (χ3n) is 3.44. The van der Waals surface area contributed by atoms with E-state index < -0.39 is 17.4 Å². The molecule has 98 valence electrons. The molecule has 17 heavy (non-hydrogen) atoms. The first-order valence-electron chi connectivity index (χ1n) is 6.08. The lowest BCUT2D eigenvalue weighted by Crippen LogP contribution is -2.51. The second-order valence-corrected chi connectivity index (χ2v) is 6.01. The van der Waals surface area contributed by atoms with Gasteiger partial charge in [-0.1, -0.05) is 0 Å². The lowest BCUT2D eigenvalue weighted by atomic mass is 10.1. The number of rotatable bonds is 0. The molecule has 3 aliphatic rings. The molecule has 0 amide bonds. The summed E-state index contributed by atoms with van der Waals surface area (Å²) in [4.78, 5) is 0. The average Bonchev–Trinajstić information content (AvgIpc) is 2.51. The normalized spacial score (nSPS) is 51.0. The minimum atomic E-state index is -0.734. The molecule has 3 heterocycles. The Morgan fingerprint density at radius 1 is 0.882 bits per heavy atom. The van der Waals surface area contributed by atoms with E-state index in [1.807, 2.05) is 34.6 Å². The maximum atomic E-state index is 5.92. The topological polar surface area (TPSA) is 46.2 Å². The maximum absolute atomic E-state index is 5.92. The van der Waals surface area contributed by atoms with Crippen LogP contribution in [0.1, 0.15) is 34.6 Å². The van der Waals surface area contributed by atoms with Crippen LogP contribution in [0.25, 0.3) is 0 Å². The second kappa shape index (κ2) is 3.22. The molecule has 0 radical (unpaired) electrons. The minimum absolute atomic E-state index is 0.117. The van der Waals surface area contributed by atoms with Crippen molar-refractivity contribution in [1.29, 1.82) is 0 Å². The van der Waals surface area contributed by atoms with Crippen molar-refractivity contribution in [2.24, 2.45) is 0 Å². The Hall–Kier alpha value is -0.200. The summed E-state index contributed by atoms with van der Waals surface area (Å²) in [6.45, 7) is 10.00. The van der Waals surface area contributed by atoms with Crippen molar-refractivity contribution in [2.75, 3.05) is 6.61 Å². The van der Waals surface area contributed by atoms with Gasteiger partial charge in [-0.3, -0.25) is 0 Å². The SMILES string of the molecule is CC1(C)OCC2OC3(C)OC(C)(C)OC3C2O1. The highest BCUT2D eigenvalue weighted by molar-refractivity contribution is 5.02. The van der Waals surface area contributed by atoms with Crippen molar-refractivity contribution >= 4 is 0 Å². The summed E-state index contributed by atoms with van der Waals surface area (Å²) in [6, 6.07) is 0. The summed E-state index contributed by atoms with van der Waals surface area (Å²) < 4.78 is 29.2. The quantitative estimate of drug-likeness (QED) is 0.644. The van der Waals surface area contributed by atoms with E-state index in [1.165, 1.54) is 0 Å². The Morgan fingerprint density at radius 2 is 1.59 bits per heavy atom. The third-order valence-corrected chi connectivity index (χ3v) is 3.44. The van der Waals surface area contributed by atoms with E-state index in [-0.39, 0.29) is 18.3 Å². The molecule has 5 heteroatoms. The zero-order chi connectivity index (χ0) is 12.5. The van der Waals surface area contributed by atoms with Crippen LogP contribution < -0.4 is 0 Å². The average molecular weight is 244 g/mol. The van der Waals surface area contributed by atoms with Gasteiger partial charge in [0.1, 0.15) is 18.3 Å². The molecule has 0 aliphatic carbocycles. The maximum Gasteiger partial charge on any atom is 0.198 e. The summed E-state index contributed by atoms with van der Waals surface area (Å²) in [5, 5.41) is 0. The first kappa shape index (κ1) is 11.9. The first-order chi connectivity index (χ1) is 7.71. The predicted molar refractivity (Wildman–Crippen MR) is 58.2 cm³/mol. The summed E-state index contributed by atoms with van der Waals surface area (Å²) in [5.41, 5.74) is 0. The highest BCUT2D eigenvalue weighted by Gasteiger charge is 2.64. The second-order valence-electron chi connectivity index (χ2n) is 6.01. The number of ether oxygens (including phenoxy) is 5. The largest absolute Gasteiger partial charge is 0.348 e. The molecule has 5 nitrogen and oxygen atoms in total. The number of hydrogen-bond donors (Lipinski definition) is 0. The van der Waals surface area contributed by atoms with Crippen molar-refractivity contribution in [3.8, 4) is 0 Å². The van der Waals surface area contributed by atoms with Gasteiger partial charge in [0.05, 0.1) is 6.61 Å². The Balaban J connectivity index is 1.86. The predicted octanol–water partition coefficient (Wildman–Crippen LogP) is 1.40. The van der Waals surface area contributed by atoms with Crippen LogP contribution >= 0.6 is 0 Å². The lowest BCUT2D eigenvalue weighted by Gasteiger charge is -2.38. The fraction of sp³-hybridized carbons (Fsp3) is 1.00. The highest BCUT2D eigenvalue weighted by Crippen LogP contribution is 2.48. The molecule has 4 atom stereocenters. The van der Waals surface area contributed by atoms with Crippen molar-refractivity contribution in [1.82, 2.24) is 0 Å². The van der Waals surface area contributed by atoms with Gasteiger partial charge in [-0.2, -0.15) is 0 Å². The monoisotopic (exact) mass is 244 g/mol. The molecule has 0 aromatic rings. The molecule has 0 aromatic heterocycles. The van der Waals surface area contributed by atoms with E-state index in [0.717, 1.165) is 0 Å². The summed E-state index contributed by atoms with van der Waals surface area (Å²) in [5.74, 6) is -1.95. The molecule has 3 fully saturated rings. The molecule has 4 unspecified atom stereocenters. The van der Waals surface area contributed by atoms with Crippen LogP contribution in [0.15, 0.2) is 0 Å². The van der Waals surface area contributed by atoms with Crippen LogP contribution in [0.5, 0.6) is 0 Å². The standard InChI is InChI=1S/C12H20O5/c1-10(2)13-6-7-8(15-10)9-12(5,14-7)17-11(3,4)16-9/h7-9H,6H2,1-5H3. The van der Waals surface area contributed by atoms with E-state index in [1.54, 1.807) is 0 Å². The van der Waals surface area contributed by atoms with E-state index in [2.05, 4.69) is 0 Å². The molecule has 0 bridgehead atoms. The van der Waals surface area contributed by atoms with Gasteiger partial charge in [0.25, 0.3) is 0 Å². The molecule has 3 aliphatic heterocycles. The number of fused-ring (bicyclic) bond motifs is 3.